The Hall–Kier alpha value is -3.15. The average Bonchev–Trinajstić information content (AvgIpc) is 3.45. The number of rotatable bonds is 5. The molecule has 1 saturated carbocycles. The Kier molecular flexibility index (Phi) is 6.35. The highest BCUT2D eigenvalue weighted by Gasteiger charge is 2.35. The quantitative estimate of drug-likeness (QED) is 0.771. The van der Waals surface area contributed by atoms with Gasteiger partial charge < -0.3 is 15.5 Å². The number of nitrogens with zero attached hydrogens (tertiary/aromatic N) is 1. The number of carbonyl (C=O) groups excluding carboxylic acids is 3. The molecule has 3 amide bonds. The van der Waals surface area contributed by atoms with Crippen molar-refractivity contribution in [3.63, 3.8) is 0 Å². The summed E-state index contributed by atoms with van der Waals surface area (Å²) >= 11 is 0. The van der Waals surface area contributed by atoms with Crippen molar-refractivity contribution in [3.05, 3.63) is 65.2 Å². The van der Waals surface area contributed by atoms with Gasteiger partial charge in [0.15, 0.2) is 0 Å². The van der Waals surface area contributed by atoms with E-state index < -0.39 is 6.04 Å². The Balaban J connectivity index is 1.44. The van der Waals surface area contributed by atoms with Crippen LogP contribution >= 0.6 is 0 Å². The van der Waals surface area contributed by atoms with Crippen molar-refractivity contribution in [3.8, 4) is 0 Å². The van der Waals surface area contributed by atoms with E-state index in [2.05, 4.69) is 10.6 Å². The molecule has 1 unspecified atom stereocenters. The molecule has 1 heterocycles. The first kappa shape index (κ1) is 21.1. The van der Waals surface area contributed by atoms with Crippen LogP contribution in [0.25, 0.3) is 0 Å². The van der Waals surface area contributed by atoms with Crippen molar-refractivity contribution in [1.82, 2.24) is 10.2 Å². The maximum atomic E-state index is 13.2. The van der Waals surface area contributed by atoms with Crippen LogP contribution in [0.2, 0.25) is 0 Å². The summed E-state index contributed by atoms with van der Waals surface area (Å²) in [6, 6.07) is 14.1. The first-order chi connectivity index (χ1) is 15.0. The van der Waals surface area contributed by atoms with Gasteiger partial charge in [0.2, 0.25) is 5.91 Å². The summed E-state index contributed by atoms with van der Waals surface area (Å²) in [5.74, 6) is -0.430. The van der Waals surface area contributed by atoms with Crippen LogP contribution in [0.3, 0.4) is 0 Å². The highest BCUT2D eigenvalue weighted by atomic mass is 16.2. The summed E-state index contributed by atoms with van der Waals surface area (Å²) in [4.78, 5) is 40.2. The lowest BCUT2D eigenvalue weighted by Crippen LogP contribution is -2.48. The third-order valence-corrected chi connectivity index (χ3v) is 6.17. The van der Waals surface area contributed by atoms with E-state index in [4.69, 9.17) is 0 Å². The molecule has 6 nitrogen and oxygen atoms in total. The standard InChI is InChI=1S/C25H29N3O3/c1-17-7-4-8-18(15-17)23(29)27-21-12-5-9-19(16-21)25(31)28-14-6-13-22(28)24(30)26-20-10-2-3-11-20/h4-5,7-9,12,15-16,20,22H,2-3,6,10-11,13-14H2,1H3,(H,26,30)(H,27,29). The van der Waals surface area contributed by atoms with Crippen LogP contribution in [-0.4, -0.2) is 41.2 Å². The molecule has 2 aromatic carbocycles. The molecule has 1 aliphatic heterocycles. The number of amides is 3. The molecule has 0 radical (unpaired) electrons. The molecule has 0 bridgehead atoms. The van der Waals surface area contributed by atoms with E-state index in [1.54, 1.807) is 35.2 Å². The number of nitrogens with one attached hydrogen (secondary N) is 2. The summed E-state index contributed by atoms with van der Waals surface area (Å²) in [7, 11) is 0. The number of likely N-dealkylation sites (tertiary alicyclic amines) is 1. The van der Waals surface area contributed by atoms with Crippen LogP contribution in [0.5, 0.6) is 0 Å². The lowest BCUT2D eigenvalue weighted by Gasteiger charge is -2.25. The molecular weight excluding hydrogens is 390 g/mol. The zero-order valence-corrected chi connectivity index (χ0v) is 17.9. The Bertz CT molecular complexity index is 981. The average molecular weight is 420 g/mol. The monoisotopic (exact) mass is 419 g/mol. The van der Waals surface area contributed by atoms with E-state index in [0.717, 1.165) is 37.7 Å². The van der Waals surface area contributed by atoms with Crippen molar-refractivity contribution >= 4 is 23.4 Å². The van der Waals surface area contributed by atoms with Crippen molar-refractivity contribution in [2.24, 2.45) is 0 Å². The maximum absolute atomic E-state index is 13.2. The Labute approximate surface area is 183 Å². The van der Waals surface area contributed by atoms with E-state index in [1.807, 2.05) is 25.1 Å². The fourth-order valence-electron chi connectivity index (χ4n) is 4.54. The first-order valence-corrected chi connectivity index (χ1v) is 11.1. The number of hydrogen-bond acceptors (Lipinski definition) is 3. The number of carbonyl (C=O) groups is 3. The molecule has 4 rings (SSSR count). The predicted molar refractivity (Wildman–Crippen MR) is 120 cm³/mol. The second kappa shape index (κ2) is 9.33. The van der Waals surface area contributed by atoms with Crippen molar-refractivity contribution in [2.45, 2.75) is 57.5 Å². The molecule has 31 heavy (non-hydrogen) atoms. The molecule has 1 aliphatic carbocycles. The van der Waals surface area contributed by atoms with Gasteiger partial charge in [-0.25, -0.2) is 0 Å². The van der Waals surface area contributed by atoms with E-state index in [-0.39, 0.29) is 23.8 Å². The molecule has 2 fully saturated rings. The van der Waals surface area contributed by atoms with E-state index in [1.165, 1.54) is 0 Å². The number of hydrogen-bond donors (Lipinski definition) is 2. The Morgan fingerprint density at radius 3 is 2.42 bits per heavy atom. The second-order valence-corrected chi connectivity index (χ2v) is 8.55. The van der Waals surface area contributed by atoms with Crippen LogP contribution < -0.4 is 10.6 Å². The zero-order chi connectivity index (χ0) is 21.8. The largest absolute Gasteiger partial charge is 0.352 e. The lowest BCUT2D eigenvalue weighted by atomic mass is 10.1. The molecule has 162 valence electrons. The maximum Gasteiger partial charge on any atom is 0.255 e. The topological polar surface area (TPSA) is 78.5 Å². The second-order valence-electron chi connectivity index (χ2n) is 8.55. The van der Waals surface area contributed by atoms with Gasteiger partial charge in [0.25, 0.3) is 11.8 Å². The minimum absolute atomic E-state index is 0.0401. The van der Waals surface area contributed by atoms with Crippen molar-refractivity contribution < 1.29 is 14.4 Å². The summed E-state index contributed by atoms with van der Waals surface area (Å²) in [6.45, 7) is 2.51. The number of aryl methyl sites for hydroxylation is 1. The fraction of sp³-hybridized carbons (Fsp3) is 0.400. The summed E-state index contributed by atoms with van der Waals surface area (Å²) < 4.78 is 0. The van der Waals surface area contributed by atoms with Gasteiger partial charge in [-0.2, -0.15) is 0 Å². The summed E-state index contributed by atoms with van der Waals surface area (Å²) in [5.41, 5.74) is 2.61. The molecular formula is C25H29N3O3. The molecule has 2 aromatic rings. The van der Waals surface area contributed by atoms with Crippen molar-refractivity contribution in [2.75, 3.05) is 11.9 Å². The number of benzene rings is 2. The van der Waals surface area contributed by atoms with Gasteiger partial charge in [-0.1, -0.05) is 36.6 Å². The Morgan fingerprint density at radius 2 is 1.65 bits per heavy atom. The van der Waals surface area contributed by atoms with Crippen LogP contribution in [0.15, 0.2) is 48.5 Å². The minimum atomic E-state index is -0.418. The van der Waals surface area contributed by atoms with Gasteiger partial charge in [-0.3, -0.25) is 14.4 Å². The van der Waals surface area contributed by atoms with Gasteiger partial charge in [-0.05, 0) is 62.9 Å². The SMILES string of the molecule is Cc1cccc(C(=O)Nc2cccc(C(=O)N3CCCC3C(=O)NC3CCCC3)c2)c1. The van der Waals surface area contributed by atoms with Gasteiger partial charge >= 0.3 is 0 Å². The molecule has 1 atom stereocenters. The normalized spacial score (nSPS) is 18.7. The molecule has 1 saturated heterocycles. The Morgan fingerprint density at radius 1 is 0.903 bits per heavy atom. The molecule has 2 N–H and O–H groups in total. The third-order valence-electron chi connectivity index (χ3n) is 6.17. The number of anilines is 1. The third kappa shape index (κ3) is 4.95. The molecule has 0 spiro atoms. The highest BCUT2D eigenvalue weighted by Crippen LogP contribution is 2.24. The lowest BCUT2D eigenvalue weighted by molar-refractivity contribution is -0.125. The highest BCUT2D eigenvalue weighted by molar-refractivity contribution is 6.05. The smallest absolute Gasteiger partial charge is 0.255 e. The van der Waals surface area contributed by atoms with Crippen LogP contribution in [0, 0.1) is 6.92 Å². The molecule has 0 aromatic heterocycles. The zero-order valence-electron chi connectivity index (χ0n) is 17.9. The van der Waals surface area contributed by atoms with Crippen LogP contribution in [0.4, 0.5) is 5.69 Å². The predicted octanol–water partition coefficient (Wildman–Crippen LogP) is 3.91. The minimum Gasteiger partial charge on any atom is -0.352 e. The van der Waals surface area contributed by atoms with E-state index >= 15 is 0 Å². The van der Waals surface area contributed by atoms with Crippen LogP contribution in [0.1, 0.15) is 64.8 Å². The van der Waals surface area contributed by atoms with Gasteiger partial charge in [-0.15, -0.1) is 0 Å². The van der Waals surface area contributed by atoms with E-state index in [9.17, 15) is 14.4 Å². The van der Waals surface area contributed by atoms with Gasteiger partial charge in [0.05, 0.1) is 0 Å². The van der Waals surface area contributed by atoms with Crippen molar-refractivity contribution in [1.29, 1.82) is 0 Å². The van der Waals surface area contributed by atoms with Gasteiger partial charge in [0.1, 0.15) is 6.04 Å². The summed E-state index contributed by atoms with van der Waals surface area (Å²) in [5, 5.41) is 5.99. The van der Waals surface area contributed by atoms with Crippen LogP contribution in [-0.2, 0) is 4.79 Å². The molecule has 6 heteroatoms. The summed E-state index contributed by atoms with van der Waals surface area (Å²) in [6.07, 6.45) is 5.86. The van der Waals surface area contributed by atoms with E-state index in [0.29, 0.717) is 29.8 Å². The van der Waals surface area contributed by atoms with Gasteiger partial charge in [0, 0.05) is 29.4 Å². The molecule has 2 aliphatic rings. The fourth-order valence-corrected chi connectivity index (χ4v) is 4.54. The first-order valence-electron chi connectivity index (χ1n) is 11.1.